The standard InChI is InChI=1S/C26H38N4O5/c1-5-10-28-11-13-29(14-12-28)18-8-6-17(7-9-18)24(33)27-23(26(2,3)4)25(34)30-15-19(31)22-21(30)20(32)16-35-22/h6-9,19,21-23,31H,5,10-16H2,1-4H3,(H,27,33)/t19-,21+,22+,23?/m0/s1. The third kappa shape index (κ3) is 5.37. The Morgan fingerprint density at radius 1 is 1.14 bits per heavy atom. The summed E-state index contributed by atoms with van der Waals surface area (Å²) in [6, 6.07) is 5.83. The van der Waals surface area contributed by atoms with E-state index in [1.165, 1.54) is 4.90 Å². The first-order valence-corrected chi connectivity index (χ1v) is 12.6. The fourth-order valence-corrected chi connectivity index (χ4v) is 5.26. The van der Waals surface area contributed by atoms with Gasteiger partial charge in [-0.1, -0.05) is 27.7 Å². The van der Waals surface area contributed by atoms with Crippen LogP contribution in [0.3, 0.4) is 0 Å². The van der Waals surface area contributed by atoms with Crippen molar-refractivity contribution in [3.05, 3.63) is 29.8 Å². The Morgan fingerprint density at radius 2 is 1.80 bits per heavy atom. The normalized spacial score (nSPS) is 26.1. The molecule has 1 unspecified atom stereocenters. The zero-order valence-corrected chi connectivity index (χ0v) is 21.2. The maximum absolute atomic E-state index is 13.5. The number of nitrogens with zero attached hydrogens (tertiary/aromatic N) is 3. The zero-order valence-electron chi connectivity index (χ0n) is 21.2. The van der Waals surface area contributed by atoms with Gasteiger partial charge in [-0.2, -0.15) is 0 Å². The predicted molar refractivity (Wildman–Crippen MR) is 132 cm³/mol. The molecule has 35 heavy (non-hydrogen) atoms. The van der Waals surface area contributed by atoms with Crippen molar-refractivity contribution in [1.29, 1.82) is 0 Å². The van der Waals surface area contributed by atoms with Crippen molar-refractivity contribution in [2.75, 3.05) is 50.8 Å². The lowest BCUT2D eigenvalue weighted by atomic mass is 9.85. The SMILES string of the molecule is CCCN1CCN(c2ccc(C(=O)NC(C(=O)N3C[C@H](O)[C@H]4OCC(=O)[C@H]43)C(C)(C)C)cc2)CC1. The number of carbonyl (C=O) groups excluding carboxylic acids is 3. The van der Waals surface area contributed by atoms with Crippen molar-refractivity contribution in [2.45, 2.75) is 58.4 Å². The molecule has 4 atom stereocenters. The molecule has 0 spiro atoms. The van der Waals surface area contributed by atoms with E-state index < -0.39 is 29.7 Å². The first-order valence-electron chi connectivity index (χ1n) is 12.6. The van der Waals surface area contributed by atoms with Gasteiger partial charge in [-0.05, 0) is 42.6 Å². The molecule has 4 rings (SSSR count). The van der Waals surface area contributed by atoms with Crippen LogP contribution in [0, 0.1) is 5.41 Å². The highest BCUT2D eigenvalue weighted by atomic mass is 16.5. The summed E-state index contributed by atoms with van der Waals surface area (Å²) in [5.41, 5.74) is 0.953. The van der Waals surface area contributed by atoms with Crippen molar-refractivity contribution in [2.24, 2.45) is 5.41 Å². The lowest BCUT2D eigenvalue weighted by Gasteiger charge is -2.36. The molecule has 9 nitrogen and oxygen atoms in total. The number of aliphatic hydroxyl groups excluding tert-OH is 1. The molecule has 3 heterocycles. The summed E-state index contributed by atoms with van der Waals surface area (Å²) < 4.78 is 5.39. The number of aliphatic hydroxyl groups is 1. The van der Waals surface area contributed by atoms with E-state index in [2.05, 4.69) is 22.0 Å². The molecule has 3 aliphatic heterocycles. The third-order valence-electron chi connectivity index (χ3n) is 7.24. The molecule has 0 bridgehead atoms. The van der Waals surface area contributed by atoms with Crippen LogP contribution in [0.2, 0.25) is 0 Å². The topological polar surface area (TPSA) is 102 Å². The number of piperazine rings is 1. The number of carbonyl (C=O) groups is 3. The van der Waals surface area contributed by atoms with Crippen LogP contribution in [-0.2, 0) is 14.3 Å². The first-order chi connectivity index (χ1) is 16.6. The van der Waals surface area contributed by atoms with E-state index in [9.17, 15) is 19.5 Å². The molecule has 2 amide bonds. The van der Waals surface area contributed by atoms with E-state index in [4.69, 9.17) is 4.74 Å². The van der Waals surface area contributed by atoms with Gasteiger partial charge in [0.05, 0.1) is 6.54 Å². The van der Waals surface area contributed by atoms with Crippen LogP contribution in [0.25, 0.3) is 0 Å². The van der Waals surface area contributed by atoms with Gasteiger partial charge < -0.3 is 25.0 Å². The molecule has 2 N–H and O–H groups in total. The Balaban J connectivity index is 1.43. The number of hydrogen-bond donors (Lipinski definition) is 2. The minimum absolute atomic E-state index is 0.0164. The molecule has 0 aromatic heterocycles. The summed E-state index contributed by atoms with van der Waals surface area (Å²) >= 11 is 0. The largest absolute Gasteiger partial charge is 0.388 e. The fraction of sp³-hybridized carbons (Fsp3) is 0.654. The lowest BCUT2D eigenvalue weighted by Crippen LogP contribution is -2.57. The van der Waals surface area contributed by atoms with Crippen LogP contribution in [-0.4, -0.2) is 103 Å². The number of likely N-dealkylation sites (tertiary alicyclic amines) is 1. The number of benzene rings is 1. The molecule has 1 aromatic rings. The molecule has 192 valence electrons. The maximum Gasteiger partial charge on any atom is 0.251 e. The lowest BCUT2D eigenvalue weighted by molar-refractivity contribution is -0.140. The molecule has 0 aliphatic carbocycles. The van der Waals surface area contributed by atoms with E-state index in [0.717, 1.165) is 44.8 Å². The van der Waals surface area contributed by atoms with Gasteiger partial charge in [0, 0.05) is 37.4 Å². The third-order valence-corrected chi connectivity index (χ3v) is 7.24. The number of anilines is 1. The second-order valence-electron chi connectivity index (χ2n) is 10.9. The molecule has 9 heteroatoms. The molecule has 3 aliphatic rings. The highest BCUT2D eigenvalue weighted by molar-refractivity contribution is 5.99. The van der Waals surface area contributed by atoms with Crippen LogP contribution in [0.15, 0.2) is 24.3 Å². The number of nitrogens with one attached hydrogen (secondary N) is 1. The number of hydrogen-bond acceptors (Lipinski definition) is 7. The van der Waals surface area contributed by atoms with E-state index in [1.807, 2.05) is 32.9 Å². The van der Waals surface area contributed by atoms with Crippen molar-refractivity contribution in [3.63, 3.8) is 0 Å². The second-order valence-corrected chi connectivity index (χ2v) is 10.9. The number of rotatable bonds is 6. The summed E-state index contributed by atoms with van der Waals surface area (Å²) in [4.78, 5) is 45.1. The molecule has 3 saturated heterocycles. The number of ketones is 1. The number of ether oxygens (including phenoxy) is 1. The Kier molecular flexibility index (Phi) is 7.49. The van der Waals surface area contributed by atoms with Gasteiger partial charge in [0.25, 0.3) is 5.91 Å². The van der Waals surface area contributed by atoms with Gasteiger partial charge >= 0.3 is 0 Å². The van der Waals surface area contributed by atoms with E-state index in [1.54, 1.807) is 12.1 Å². The van der Waals surface area contributed by atoms with Crippen LogP contribution in [0.1, 0.15) is 44.5 Å². The van der Waals surface area contributed by atoms with Gasteiger partial charge in [0.2, 0.25) is 5.91 Å². The maximum atomic E-state index is 13.5. The van der Waals surface area contributed by atoms with Crippen LogP contribution < -0.4 is 10.2 Å². The Labute approximate surface area is 207 Å². The Hall–Kier alpha value is -2.49. The van der Waals surface area contributed by atoms with E-state index in [0.29, 0.717) is 5.56 Å². The molecular weight excluding hydrogens is 448 g/mol. The van der Waals surface area contributed by atoms with Gasteiger partial charge in [0.15, 0.2) is 5.78 Å². The Bertz CT molecular complexity index is 936. The average molecular weight is 487 g/mol. The summed E-state index contributed by atoms with van der Waals surface area (Å²) in [6.07, 6.45) is -0.451. The van der Waals surface area contributed by atoms with Gasteiger partial charge in [-0.3, -0.25) is 19.3 Å². The van der Waals surface area contributed by atoms with E-state index >= 15 is 0 Å². The fourth-order valence-electron chi connectivity index (χ4n) is 5.26. The molecule has 3 fully saturated rings. The quantitative estimate of drug-likeness (QED) is 0.616. The van der Waals surface area contributed by atoms with Crippen LogP contribution in [0.5, 0.6) is 0 Å². The molecular formula is C26H38N4O5. The molecule has 0 radical (unpaired) electrons. The number of Topliss-reactive ketones (excluding diaryl/α,β-unsaturated/α-hetero) is 1. The monoisotopic (exact) mass is 486 g/mol. The number of fused-ring (bicyclic) bond motifs is 1. The van der Waals surface area contributed by atoms with Crippen LogP contribution in [0.4, 0.5) is 5.69 Å². The minimum Gasteiger partial charge on any atom is -0.388 e. The summed E-state index contributed by atoms with van der Waals surface area (Å²) in [5.74, 6) is -0.939. The van der Waals surface area contributed by atoms with Crippen molar-refractivity contribution < 1.29 is 24.2 Å². The predicted octanol–water partition coefficient (Wildman–Crippen LogP) is 0.903. The summed E-state index contributed by atoms with van der Waals surface area (Å²) in [6.45, 7) is 12.8. The highest BCUT2D eigenvalue weighted by Gasteiger charge is 2.53. The Morgan fingerprint density at radius 3 is 2.40 bits per heavy atom. The first kappa shape index (κ1) is 25.6. The molecule has 1 aromatic carbocycles. The van der Waals surface area contributed by atoms with Crippen molar-refractivity contribution in [1.82, 2.24) is 15.1 Å². The average Bonchev–Trinajstić information content (AvgIpc) is 3.37. The minimum atomic E-state index is -0.914. The van der Waals surface area contributed by atoms with Gasteiger partial charge in [-0.15, -0.1) is 0 Å². The van der Waals surface area contributed by atoms with Crippen molar-refractivity contribution in [3.8, 4) is 0 Å². The van der Waals surface area contributed by atoms with E-state index in [-0.39, 0.29) is 30.7 Å². The highest BCUT2D eigenvalue weighted by Crippen LogP contribution is 2.31. The zero-order chi connectivity index (χ0) is 25.3. The van der Waals surface area contributed by atoms with Crippen LogP contribution >= 0.6 is 0 Å². The van der Waals surface area contributed by atoms with Crippen molar-refractivity contribution >= 4 is 23.3 Å². The smallest absolute Gasteiger partial charge is 0.251 e. The second kappa shape index (κ2) is 10.2. The summed E-state index contributed by atoms with van der Waals surface area (Å²) in [7, 11) is 0. The molecule has 0 saturated carbocycles. The van der Waals surface area contributed by atoms with Gasteiger partial charge in [0.1, 0.15) is 30.9 Å². The number of β-amino-alcohol motifs (C(OH)–C–C–N with tert-alkyl or cyclic N) is 1. The number of amides is 2. The van der Waals surface area contributed by atoms with Gasteiger partial charge in [-0.25, -0.2) is 0 Å². The summed E-state index contributed by atoms with van der Waals surface area (Å²) in [5, 5.41) is 13.2.